The normalized spacial score (nSPS) is 11.5. The van der Waals surface area contributed by atoms with Gasteiger partial charge in [-0.15, -0.1) is 0 Å². The third-order valence-electron chi connectivity index (χ3n) is 2.25. The Bertz CT molecular complexity index is 458. The van der Waals surface area contributed by atoms with Crippen molar-refractivity contribution in [3.8, 4) is 5.75 Å². The van der Waals surface area contributed by atoms with Gasteiger partial charge in [0.05, 0.1) is 14.2 Å². The number of anilines is 1. The van der Waals surface area contributed by atoms with E-state index in [-0.39, 0.29) is 11.3 Å². The van der Waals surface area contributed by atoms with Crippen LogP contribution in [0.5, 0.6) is 5.75 Å². The van der Waals surface area contributed by atoms with Crippen LogP contribution < -0.4 is 10.5 Å². The lowest BCUT2D eigenvalue weighted by Gasteiger charge is -2.15. The number of nitrogen functional groups attached to an aromatic ring is 1. The van der Waals surface area contributed by atoms with Crippen LogP contribution in [0.4, 0.5) is 5.69 Å². The molecular formula is C12H15NO5. The minimum absolute atomic E-state index is 0.160. The molecule has 0 spiro atoms. The van der Waals surface area contributed by atoms with E-state index in [2.05, 4.69) is 9.47 Å². The minimum atomic E-state index is -0.831. The number of esters is 2. The van der Waals surface area contributed by atoms with Gasteiger partial charge < -0.3 is 19.9 Å². The summed E-state index contributed by atoms with van der Waals surface area (Å²) in [6.07, 6.45) is -0.831. The molecule has 1 rings (SSSR count). The number of carbonyl (C=O) groups excluding carboxylic acids is 2. The highest BCUT2D eigenvalue weighted by atomic mass is 16.6. The highest BCUT2D eigenvalue weighted by molar-refractivity contribution is 5.93. The Hall–Kier alpha value is -2.24. The molecule has 1 atom stereocenters. The van der Waals surface area contributed by atoms with E-state index in [4.69, 9.17) is 10.5 Å². The summed E-state index contributed by atoms with van der Waals surface area (Å²) >= 11 is 0. The fourth-order valence-electron chi connectivity index (χ4n) is 1.32. The summed E-state index contributed by atoms with van der Waals surface area (Å²) in [5.41, 5.74) is 6.14. The van der Waals surface area contributed by atoms with Crippen LogP contribution in [0.2, 0.25) is 0 Å². The predicted octanol–water partition coefficient (Wildman–Crippen LogP) is 0.996. The second-order valence-corrected chi connectivity index (χ2v) is 3.53. The largest absolute Gasteiger partial charge is 0.478 e. The fraction of sp³-hybridized carbons (Fsp3) is 0.333. The van der Waals surface area contributed by atoms with Gasteiger partial charge in [0.1, 0.15) is 11.3 Å². The van der Waals surface area contributed by atoms with E-state index >= 15 is 0 Å². The Morgan fingerprint density at radius 2 is 1.89 bits per heavy atom. The van der Waals surface area contributed by atoms with Crippen molar-refractivity contribution >= 4 is 17.6 Å². The van der Waals surface area contributed by atoms with Gasteiger partial charge in [-0.05, 0) is 25.1 Å². The molecule has 0 aliphatic heterocycles. The molecule has 6 heteroatoms. The lowest BCUT2D eigenvalue weighted by Crippen LogP contribution is -2.25. The minimum Gasteiger partial charge on any atom is -0.478 e. The van der Waals surface area contributed by atoms with Crippen LogP contribution in [0.25, 0.3) is 0 Å². The molecule has 0 aromatic heterocycles. The summed E-state index contributed by atoms with van der Waals surface area (Å²) in [6, 6.07) is 4.48. The summed E-state index contributed by atoms with van der Waals surface area (Å²) in [6.45, 7) is 1.52. The van der Waals surface area contributed by atoms with Crippen molar-refractivity contribution in [1.82, 2.24) is 0 Å². The van der Waals surface area contributed by atoms with Crippen molar-refractivity contribution in [1.29, 1.82) is 0 Å². The number of methoxy groups -OCH3 is 2. The van der Waals surface area contributed by atoms with Crippen LogP contribution >= 0.6 is 0 Å². The number of hydrogen-bond acceptors (Lipinski definition) is 6. The topological polar surface area (TPSA) is 87.9 Å². The average Bonchev–Trinajstić information content (AvgIpc) is 2.38. The third-order valence-corrected chi connectivity index (χ3v) is 2.25. The Kier molecular flexibility index (Phi) is 4.53. The predicted molar refractivity (Wildman–Crippen MR) is 64.3 cm³/mol. The summed E-state index contributed by atoms with van der Waals surface area (Å²) < 4.78 is 14.5. The van der Waals surface area contributed by atoms with E-state index in [1.165, 1.54) is 33.3 Å². The van der Waals surface area contributed by atoms with E-state index in [0.717, 1.165) is 0 Å². The molecule has 0 amide bonds. The molecule has 6 nitrogen and oxygen atoms in total. The number of nitrogens with two attached hydrogens (primary N) is 1. The molecular weight excluding hydrogens is 238 g/mol. The van der Waals surface area contributed by atoms with Crippen molar-refractivity contribution in [3.63, 3.8) is 0 Å². The standard InChI is InChI=1S/C12H15NO5/c1-7(11(14)16-2)18-10-5-4-8(13)6-9(10)12(15)17-3/h4-7H,13H2,1-3H3. The average molecular weight is 253 g/mol. The van der Waals surface area contributed by atoms with Crippen LogP contribution in [0, 0.1) is 0 Å². The first-order valence-electron chi connectivity index (χ1n) is 5.22. The maximum absolute atomic E-state index is 11.5. The lowest BCUT2D eigenvalue weighted by atomic mass is 10.2. The van der Waals surface area contributed by atoms with Gasteiger partial charge >= 0.3 is 11.9 Å². The van der Waals surface area contributed by atoms with Crippen molar-refractivity contribution in [3.05, 3.63) is 23.8 Å². The van der Waals surface area contributed by atoms with Crippen molar-refractivity contribution < 1.29 is 23.8 Å². The Labute approximate surface area is 105 Å². The van der Waals surface area contributed by atoms with E-state index < -0.39 is 18.0 Å². The van der Waals surface area contributed by atoms with Crippen molar-refractivity contribution in [2.24, 2.45) is 0 Å². The molecule has 0 saturated carbocycles. The molecule has 0 heterocycles. The van der Waals surface area contributed by atoms with E-state index in [0.29, 0.717) is 5.69 Å². The van der Waals surface area contributed by atoms with Crippen LogP contribution in [-0.4, -0.2) is 32.3 Å². The van der Waals surface area contributed by atoms with Crippen molar-refractivity contribution in [2.75, 3.05) is 20.0 Å². The molecule has 18 heavy (non-hydrogen) atoms. The molecule has 0 fully saturated rings. The Balaban J connectivity index is 3.01. The molecule has 0 bridgehead atoms. The van der Waals surface area contributed by atoms with Gasteiger partial charge in [-0.1, -0.05) is 0 Å². The van der Waals surface area contributed by atoms with Crippen LogP contribution in [-0.2, 0) is 14.3 Å². The Morgan fingerprint density at radius 1 is 1.22 bits per heavy atom. The molecule has 1 aromatic carbocycles. The first-order chi connectivity index (χ1) is 8.49. The maximum atomic E-state index is 11.5. The summed E-state index contributed by atoms with van der Waals surface area (Å²) in [5, 5.41) is 0. The summed E-state index contributed by atoms with van der Waals surface area (Å²) in [7, 11) is 2.51. The lowest BCUT2D eigenvalue weighted by molar-refractivity contribution is -0.147. The van der Waals surface area contributed by atoms with Gasteiger partial charge in [-0.2, -0.15) is 0 Å². The van der Waals surface area contributed by atoms with E-state index in [1.54, 1.807) is 6.07 Å². The zero-order chi connectivity index (χ0) is 13.7. The zero-order valence-electron chi connectivity index (χ0n) is 10.4. The van der Waals surface area contributed by atoms with E-state index in [1.807, 2.05) is 0 Å². The van der Waals surface area contributed by atoms with Gasteiger partial charge in [0, 0.05) is 5.69 Å². The second-order valence-electron chi connectivity index (χ2n) is 3.53. The van der Waals surface area contributed by atoms with Gasteiger partial charge in [0.25, 0.3) is 0 Å². The number of hydrogen-bond donors (Lipinski definition) is 1. The molecule has 0 aliphatic rings. The molecule has 1 aromatic rings. The molecule has 1 unspecified atom stereocenters. The SMILES string of the molecule is COC(=O)c1cc(N)ccc1OC(C)C(=O)OC. The fourth-order valence-corrected chi connectivity index (χ4v) is 1.32. The van der Waals surface area contributed by atoms with Crippen LogP contribution in [0.1, 0.15) is 17.3 Å². The van der Waals surface area contributed by atoms with Crippen molar-refractivity contribution in [2.45, 2.75) is 13.0 Å². The monoisotopic (exact) mass is 253 g/mol. The number of carbonyl (C=O) groups is 2. The van der Waals surface area contributed by atoms with Gasteiger partial charge in [-0.25, -0.2) is 9.59 Å². The highest BCUT2D eigenvalue weighted by Gasteiger charge is 2.20. The molecule has 0 aliphatic carbocycles. The van der Waals surface area contributed by atoms with Gasteiger partial charge in [0.2, 0.25) is 0 Å². The molecule has 2 N–H and O–H groups in total. The maximum Gasteiger partial charge on any atom is 0.346 e. The smallest absolute Gasteiger partial charge is 0.346 e. The van der Waals surface area contributed by atoms with Crippen LogP contribution in [0.15, 0.2) is 18.2 Å². The van der Waals surface area contributed by atoms with Crippen LogP contribution in [0.3, 0.4) is 0 Å². The summed E-state index contributed by atoms with van der Waals surface area (Å²) in [4.78, 5) is 22.8. The van der Waals surface area contributed by atoms with Gasteiger partial charge in [-0.3, -0.25) is 0 Å². The summed E-state index contributed by atoms with van der Waals surface area (Å²) in [5.74, 6) is -0.911. The Morgan fingerprint density at radius 3 is 2.44 bits per heavy atom. The second kappa shape index (κ2) is 5.90. The number of benzene rings is 1. The van der Waals surface area contributed by atoms with Gasteiger partial charge in [0.15, 0.2) is 6.10 Å². The first kappa shape index (κ1) is 13.8. The molecule has 0 radical (unpaired) electrons. The highest BCUT2D eigenvalue weighted by Crippen LogP contribution is 2.23. The third kappa shape index (κ3) is 3.13. The quantitative estimate of drug-likeness (QED) is 0.636. The zero-order valence-corrected chi connectivity index (χ0v) is 10.4. The number of rotatable bonds is 4. The molecule has 0 saturated heterocycles. The molecule has 98 valence electrons. The van der Waals surface area contributed by atoms with E-state index in [9.17, 15) is 9.59 Å². The number of ether oxygens (including phenoxy) is 3. The first-order valence-corrected chi connectivity index (χ1v) is 5.22.